The number of halogens is 2. The monoisotopic (exact) mass is 469 g/mol. The van der Waals surface area contributed by atoms with E-state index in [-0.39, 0.29) is 31.0 Å². The summed E-state index contributed by atoms with van der Waals surface area (Å²) in [6.45, 7) is 0. The highest BCUT2D eigenvalue weighted by molar-refractivity contribution is 9.11. The first-order valence-electron chi connectivity index (χ1n) is 6.65. The molecule has 0 spiro atoms. The maximum Gasteiger partial charge on any atom is 0.277 e. The van der Waals surface area contributed by atoms with Crippen molar-refractivity contribution in [3.05, 3.63) is 78.0 Å². The van der Waals surface area contributed by atoms with Crippen molar-refractivity contribution in [2.75, 3.05) is 0 Å². The van der Waals surface area contributed by atoms with Crippen LogP contribution in [0.1, 0.15) is 0 Å². The van der Waals surface area contributed by atoms with Crippen molar-refractivity contribution in [1.82, 2.24) is 0 Å². The zero-order valence-corrected chi connectivity index (χ0v) is 15.5. The van der Waals surface area contributed by atoms with Crippen LogP contribution >= 0.6 is 31.9 Å². The van der Waals surface area contributed by atoms with Gasteiger partial charge >= 0.3 is 0 Å². The van der Waals surface area contributed by atoms with Gasteiger partial charge < -0.3 is 5.11 Å². The summed E-state index contributed by atoms with van der Waals surface area (Å²) in [5.74, 6) is -0.291. The number of rotatable bonds is 2. The number of pyridine rings is 1. The van der Waals surface area contributed by atoms with E-state index in [0.717, 1.165) is 5.39 Å². The van der Waals surface area contributed by atoms with Crippen molar-refractivity contribution in [2.24, 2.45) is 0 Å². The van der Waals surface area contributed by atoms with Crippen LogP contribution in [0.15, 0.2) is 57.7 Å². The van der Waals surface area contributed by atoms with Gasteiger partial charge in [-0.05, 0) is 6.07 Å². The molecule has 0 atom stereocenters. The van der Waals surface area contributed by atoms with Crippen molar-refractivity contribution in [3.63, 3.8) is 0 Å². The van der Waals surface area contributed by atoms with Crippen molar-refractivity contribution < 1.29 is 19.9 Å². The first kappa shape index (κ1) is 18.7. The van der Waals surface area contributed by atoms with E-state index in [4.69, 9.17) is 0 Å². The van der Waals surface area contributed by atoms with Gasteiger partial charge in [-0.25, -0.2) is 4.98 Å². The number of fused-ring (bicyclic) bond motifs is 1. The Hall–Kier alpha value is -2.59. The molecule has 3 aromatic rings. The molecule has 0 unspecified atom stereocenters. The van der Waals surface area contributed by atoms with Crippen LogP contribution in [-0.2, 0) is 0 Å². The Morgan fingerprint density at radius 1 is 0.960 bits per heavy atom. The van der Waals surface area contributed by atoms with E-state index in [9.17, 15) is 25.3 Å². The summed E-state index contributed by atoms with van der Waals surface area (Å²) in [4.78, 5) is 22.8. The standard InChI is InChI=1S/C9H6N2O2.C6H3Br2NO3/c12-11(13)9-3-1-2-7-6-10-5-4-8(7)9;7-4-1-3(9(11)12)2-5(8)6(4)10/h1-6H;1-2,10H. The van der Waals surface area contributed by atoms with E-state index in [1.807, 2.05) is 6.07 Å². The molecule has 0 radical (unpaired) electrons. The Bertz CT molecular complexity index is 937. The summed E-state index contributed by atoms with van der Waals surface area (Å²) in [6, 6.07) is 9.06. The largest absolute Gasteiger partial charge is 0.871 e. The van der Waals surface area contributed by atoms with Crippen LogP contribution in [0.4, 0.5) is 11.4 Å². The molecule has 2 aromatic carbocycles. The molecule has 0 aliphatic rings. The molecule has 1 aromatic heterocycles. The van der Waals surface area contributed by atoms with E-state index in [1.165, 1.54) is 18.2 Å². The number of nitrogens with zero attached hydrogens (tertiary/aromatic N) is 2. The Labute approximate surface area is 157 Å². The van der Waals surface area contributed by atoms with Crippen LogP contribution in [-0.4, -0.2) is 9.85 Å². The molecule has 0 saturated carbocycles. The second kappa shape index (κ2) is 7.99. The zero-order valence-electron chi connectivity index (χ0n) is 12.3. The number of non-ortho nitro benzene ring substituents is 2. The Morgan fingerprint density at radius 3 is 2.16 bits per heavy atom. The molecule has 128 valence electrons. The lowest BCUT2D eigenvalue weighted by atomic mass is 10.1. The van der Waals surface area contributed by atoms with Gasteiger partial charge in [-0.3, -0.25) is 20.2 Å². The van der Waals surface area contributed by atoms with Crippen molar-refractivity contribution in [1.29, 1.82) is 0 Å². The zero-order chi connectivity index (χ0) is 18.6. The summed E-state index contributed by atoms with van der Waals surface area (Å²) in [6.07, 6.45) is 3.41. The number of benzene rings is 2. The molecule has 0 bridgehead atoms. The summed E-state index contributed by atoms with van der Waals surface area (Å²) in [5.41, 5.74) is 0.0276. The molecule has 8 nitrogen and oxygen atoms in total. The summed E-state index contributed by atoms with van der Waals surface area (Å²) >= 11 is 5.84. The quantitative estimate of drug-likeness (QED) is 0.416. The molecular formula is C15H9Br2N3O5. The molecular weight excluding hydrogens is 462 g/mol. The summed E-state index contributed by atoms with van der Waals surface area (Å²) in [5, 5.41) is 33.4. The molecule has 0 amide bonds. The summed E-state index contributed by atoms with van der Waals surface area (Å²) < 4.78 is 0.368. The maximum absolute atomic E-state index is 11.0. The predicted molar refractivity (Wildman–Crippen MR) is 95.1 cm³/mol. The molecule has 3 rings (SSSR count). The number of aromatic amines is 1. The fraction of sp³-hybridized carbons (Fsp3) is 0. The molecule has 25 heavy (non-hydrogen) atoms. The Balaban J connectivity index is 0.000000181. The van der Waals surface area contributed by atoms with Crippen molar-refractivity contribution in [3.8, 4) is 5.75 Å². The molecule has 10 heteroatoms. The van der Waals surface area contributed by atoms with Gasteiger partial charge in [-0.15, -0.1) is 0 Å². The average molecular weight is 471 g/mol. The topological polar surface area (TPSA) is 123 Å². The van der Waals surface area contributed by atoms with Crippen LogP contribution < -0.4 is 10.1 Å². The van der Waals surface area contributed by atoms with Crippen molar-refractivity contribution in [2.45, 2.75) is 0 Å². The fourth-order valence-corrected chi connectivity index (χ4v) is 3.12. The van der Waals surface area contributed by atoms with Crippen molar-refractivity contribution >= 4 is 54.0 Å². The fourth-order valence-electron chi connectivity index (χ4n) is 1.96. The van der Waals surface area contributed by atoms with Crippen LogP contribution in [0.2, 0.25) is 0 Å². The van der Waals surface area contributed by atoms with Gasteiger partial charge in [0.1, 0.15) is 0 Å². The van der Waals surface area contributed by atoms with E-state index in [1.54, 1.807) is 24.5 Å². The Kier molecular flexibility index (Phi) is 5.99. The molecule has 0 aliphatic heterocycles. The lowest BCUT2D eigenvalue weighted by Gasteiger charge is -2.09. The highest BCUT2D eigenvalue weighted by Gasteiger charge is 2.11. The highest BCUT2D eigenvalue weighted by atomic mass is 79.9. The van der Waals surface area contributed by atoms with Gasteiger partial charge in [0.05, 0.1) is 20.6 Å². The lowest BCUT2D eigenvalue weighted by Crippen LogP contribution is -1.98. The number of aromatic nitrogens is 1. The van der Waals surface area contributed by atoms with Gasteiger partial charge in [-0.2, -0.15) is 0 Å². The minimum atomic E-state index is -0.561. The molecule has 1 heterocycles. The first-order chi connectivity index (χ1) is 11.8. The number of hydrogen-bond acceptors (Lipinski definition) is 5. The normalized spacial score (nSPS) is 10.0. The molecule has 1 N–H and O–H groups in total. The molecule has 0 fully saturated rings. The summed E-state index contributed by atoms with van der Waals surface area (Å²) in [7, 11) is 0. The number of nitro groups is 2. The second-order valence-corrected chi connectivity index (χ2v) is 6.39. The van der Waals surface area contributed by atoms with Gasteiger partial charge in [0.2, 0.25) is 0 Å². The Morgan fingerprint density at radius 2 is 1.60 bits per heavy atom. The number of nitro benzene ring substituents is 2. The number of nitrogens with one attached hydrogen (secondary N) is 1. The van der Waals surface area contributed by atoms with E-state index in [2.05, 4.69) is 36.8 Å². The third kappa shape index (κ3) is 4.48. The average Bonchev–Trinajstić information content (AvgIpc) is 2.59. The van der Waals surface area contributed by atoms with Crippen LogP contribution in [0.25, 0.3) is 10.8 Å². The minimum Gasteiger partial charge on any atom is -0.871 e. The second-order valence-electron chi connectivity index (χ2n) is 4.68. The third-order valence-electron chi connectivity index (χ3n) is 3.09. The van der Waals surface area contributed by atoms with Crippen LogP contribution in [0.3, 0.4) is 0 Å². The third-order valence-corrected chi connectivity index (χ3v) is 4.27. The number of H-pyrrole nitrogens is 1. The first-order valence-corrected chi connectivity index (χ1v) is 8.23. The van der Waals surface area contributed by atoms with Gasteiger partial charge in [0.15, 0.2) is 12.4 Å². The lowest BCUT2D eigenvalue weighted by molar-refractivity contribution is -0.385. The smallest absolute Gasteiger partial charge is 0.277 e. The number of hydrogen-bond donors (Lipinski definition) is 0. The molecule has 0 aliphatic carbocycles. The van der Waals surface area contributed by atoms with E-state index in [0.29, 0.717) is 5.39 Å². The van der Waals surface area contributed by atoms with Gasteiger partial charge in [0.25, 0.3) is 11.4 Å². The maximum atomic E-state index is 11.0. The molecule has 0 saturated heterocycles. The minimum absolute atomic E-state index is 0.117. The van der Waals surface area contributed by atoms with Crippen LogP contribution in [0.5, 0.6) is 5.75 Å². The van der Waals surface area contributed by atoms with Gasteiger partial charge in [-0.1, -0.05) is 43.7 Å². The highest BCUT2D eigenvalue weighted by Crippen LogP contribution is 2.33. The van der Waals surface area contributed by atoms with Crippen LogP contribution in [0, 0.1) is 20.2 Å². The van der Waals surface area contributed by atoms with Gasteiger partial charge in [0, 0.05) is 33.2 Å². The predicted octanol–water partition coefficient (Wildman–Crippen LogP) is 3.76. The SMILES string of the molecule is O=[N+]([O-])c1cc(Br)c([O-])c(Br)c1.O=[N+]([O-])c1cccc2c[nH+]ccc12. The van der Waals surface area contributed by atoms with E-state index < -0.39 is 4.92 Å². The van der Waals surface area contributed by atoms with E-state index >= 15 is 0 Å².